The van der Waals surface area contributed by atoms with Crippen LogP contribution in [0.3, 0.4) is 0 Å². The van der Waals surface area contributed by atoms with Gasteiger partial charge in [0.15, 0.2) is 0 Å². The number of hydrogen-bond acceptors (Lipinski definition) is 2. The van der Waals surface area contributed by atoms with Gasteiger partial charge in [-0.25, -0.2) is 0 Å². The molecule has 74 valence electrons. The lowest BCUT2D eigenvalue weighted by atomic mass is 9.91. The van der Waals surface area contributed by atoms with E-state index in [1.165, 1.54) is 51.6 Å². The van der Waals surface area contributed by atoms with Crippen LogP contribution in [0.5, 0.6) is 0 Å². The van der Waals surface area contributed by atoms with E-state index in [9.17, 15) is 0 Å². The molecule has 0 radical (unpaired) electrons. The molecule has 2 unspecified atom stereocenters. The van der Waals surface area contributed by atoms with E-state index in [2.05, 4.69) is 10.2 Å². The van der Waals surface area contributed by atoms with Gasteiger partial charge in [0.05, 0.1) is 0 Å². The maximum atomic E-state index is 3.85. The Bertz CT molecular complexity index is 189. The van der Waals surface area contributed by atoms with E-state index < -0.39 is 0 Å². The van der Waals surface area contributed by atoms with Crippen LogP contribution in [-0.2, 0) is 0 Å². The maximum absolute atomic E-state index is 3.85. The van der Waals surface area contributed by atoms with Gasteiger partial charge in [0.1, 0.15) is 0 Å². The number of nitrogens with zero attached hydrogens (tertiary/aromatic N) is 1. The molecule has 0 aromatic heterocycles. The Morgan fingerprint density at radius 2 is 1.85 bits per heavy atom. The van der Waals surface area contributed by atoms with E-state index in [1.807, 2.05) is 0 Å². The SMILES string of the molecule is C1CC(NC2CCN3CCCC23)C1. The van der Waals surface area contributed by atoms with Crippen LogP contribution in [0.1, 0.15) is 38.5 Å². The fourth-order valence-corrected chi connectivity index (χ4v) is 3.15. The second kappa shape index (κ2) is 3.25. The standard InChI is InChI=1S/C11H20N2/c1-3-9(4-1)12-10-6-8-13-7-2-5-11(10)13/h9-12H,1-8H2. The first-order valence-electron chi connectivity index (χ1n) is 5.93. The van der Waals surface area contributed by atoms with E-state index in [0.29, 0.717) is 0 Å². The van der Waals surface area contributed by atoms with E-state index in [4.69, 9.17) is 0 Å². The smallest absolute Gasteiger partial charge is 0.0250 e. The van der Waals surface area contributed by atoms with Crippen LogP contribution in [-0.4, -0.2) is 36.1 Å². The third-order valence-electron chi connectivity index (χ3n) is 4.16. The van der Waals surface area contributed by atoms with Gasteiger partial charge in [-0.05, 0) is 38.6 Å². The predicted molar refractivity (Wildman–Crippen MR) is 53.8 cm³/mol. The Labute approximate surface area is 80.7 Å². The third-order valence-corrected chi connectivity index (χ3v) is 4.16. The fourth-order valence-electron chi connectivity index (χ4n) is 3.15. The molecule has 2 heterocycles. The number of fused-ring (bicyclic) bond motifs is 1. The molecule has 0 aromatic rings. The lowest BCUT2D eigenvalue weighted by Gasteiger charge is -2.32. The maximum Gasteiger partial charge on any atom is 0.0250 e. The molecular formula is C11H20N2. The topological polar surface area (TPSA) is 15.3 Å². The first kappa shape index (κ1) is 8.25. The van der Waals surface area contributed by atoms with Crippen molar-refractivity contribution < 1.29 is 0 Å². The fraction of sp³-hybridized carbons (Fsp3) is 1.00. The Kier molecular flexibility index (Phi) is 2.06. The Hall–Kier alpha value is -0.0800. The molecule has 0 aromatic carbocycles. The summed E-state index contributed by atoms with van der Waals surface area (Å²) < 4.78 is 0. The molecule has 2 nitrogen and oxygen atoms in total. The number of nitrogens with one attached hydrogen (secondary N) is 1. The Morgan fingerprint density at radius 3 is 2.62 bits per heavy atom. The molecule has 2 saturated heterocycles. The summed E-state index contributed by atoms with van der Waals surface area (Å²) in [6.45, 7) is 2.72. The monoisotopic (exact) mass is 180 g/mol. The van der Waals surface area contributed by atoms with Crippen molar-refractivity contribution in [2.24, 2.45) is 0 Å². The van der Waals surface area contributed by atoms with E-state index in [1.54, 1.807) is 0 Å². The van der Waals surface area contributed by atoms with Crippen molar-refractivity contribution in [3.63, 3.8) is 0 Å². The van der Waals surface area contributed by atoms with Gasteiger partial charge in [-0.2, -0.15) is 0 Å². The lowest BCUT2D eigenvalue weighted by Crippen LogP contribution is -2.47. The van der Waals surface area contributed by atoms with Crippen molar-refractivity contribution in [1.82, 2.24) is 10.2 Å². The van der Waals surface area contributed by atoms with Crippen LogP contribution in [0.4, 0.5) is 0 Å². The highest BCUT2D eigenvalue weighted by Gasteiger charge is 2.38. The molecule has 0 spiro atoms. The van der Waals surface area contributed by atoms with Gasteiger partial charge < -0.3 is 5.32 Å². The quantitative estimate of drug-likeness (QED) is 0.690. The van der Waals surface area contributed by atoms with Crippen LogP contribution in [0, 0.1) is 0 Å². The van der Waals surface area contributed by atoms with Crippen LogP contribution in [0.15, 0.2) is 0 Å². The van der Waals surface area contributed by atoms with E-state index in [0.717, 1.165) is 18.1 Å². The molecule has 13 heavy (non-hydrogen) atoms. The minimum Gasteiger partial charge on any atom is -0.310 e. The van der Waals surface area contributed by atoms with Crippen LogP contribution < -0.4 is 5.32 Å². The zero-order chi connectivity index (χ0) is 8.67. The molecule has 3 rings (SSSR count). The molecule has 0 bridgehead atoms. The summed E-state index contributed by atoms with van der Waals surface area (Å²) in [5, 5.41) is 3.85. The number of rotatable bonds is 2. The van der Waals surface area contributed by atoms with Crippen molar-refractivity contribution in [1.29, 1.82) is 0 Å². The largest absolute Gasteiger partial charge is 0.310 e. The molecule has 3 fully saturated rings. The average molecular weight is 180 g/mol. The third kappa shape index (κ3) is 1.40. The minimum absolute atomic E-state index is 0.841. The zero-order valence-corrected chi connectivity index (χ0v) is 8.34. The first-order valence-corrected chi connectivity index (χ1v) is 5.93. The summed E-state index contributed by atoms with van der Waals surface area (Å²) in [4.78, 5) is 2.69. The molecule has 0 amide bonds. The molecule has 1 aliphatic carbocycles. The van der Waals surface area contributed by atoms with Crippen LogP contribution in [0.25, 0.3) is 0 Å². The highest BCUT2D eigenvalue weighted by Crippen LogP contribution is 2.30. The van der Waals surface area contributed by atoms with E-state index >= 15 is 0 Å². The van der Waals surface area contributed by atoms with Gasteiger partial charge in [-0.3, -0.25) is 4.90 Å². The summed E-state index contributed by atoms with van der Waals surface area (Å²) in [5.41, 5.74) is 0. The molecule has 3 aliphatic rings. The van der Waals surface area contributed by atoms with Crippen LogP contribution in [0.2, 0.25) is 0 Å². The van der Waals surface area contributed by atoms with Crippen molar-refractivity contribution >= 4 is 0 Å². The minimum atomic E-state index is 0.841. The summed E-state index contributed by atoms with van der Waals surface area (Å²) in [5.74, 6) is 0. The molecule has 2 atom stereocenters. The number of hydrogen-bond donors (Lipinski definition) is 1. The summed E-state index contributed by atoms with van der Waals surface area (Å²) >= 11 is 0. The second-order valence-electron chi connectivity index (χ2n) is 4.94. The van der Waals surface area contributed by atoms with Gasteiger partial charge in [0.2, 0.25) is 0 Å². The van der Waals surface area contributed by atoms with E-state index in [-0.39, 0.29) is 0 Å². The van der Waals surface area contributed by atoms with Gasteiger partial charge in [0, 0.05) is 24.7 Å². The summed E-state index contributed by atoms with van der Waals surface area (Å²) in [6, 6.07) is 2.62. The van der Waals surface area contributed by atoms with Crippen molar-refractivity contribution in [3.05, 3.63) is 0 Å². The Balaban J connectivity index is 1.58. The van der Waals surface area contributed by atoms with Crippen LogP contribution >= 0.6 is 0 Å². The van der Waals surface area contributed by atoms with Gasteiger partial charge in [-0.1, -0.05) is 6.42 Å². The van der Waals surface area contributed by atoms with Gasteiger partial charge in [-0.15, -0.1) is 0 Å². The average Bonchev–Trinajstić information content (AvgIpc) is 2.58. The van der Waals surface area contributed by atoms with Crippen molar-refractivity contribution in [2.45, 2.75) is 56.7 Å². The zero-order valence-electron chi connectivity index (χ0n) is 8.34. The highest BCUT2D eigenvalue weighted by atomic mass is 15.2. The first-order chi connectivity index (χ1) is 6.43. The summed E-state index contributed by atoms with van der Waals surface area (Å²) in [7, 11) is 0. The molecule has 1 saturated carbocycles. The molecule has 2 aliphatic heterocycles. The molecular weight excluding hydrogens is 160 g/mol. The highest BCUT2D eigenvalue weighted by molar-refractivity contribution is 4.97. The summed E-state index contributed by atoms with van der Waals surface area (Å²) in [6.07, 6.45) is 8.62. The normalized spacial score (nSPS) is 40.6. The van der Waals surface area contributed by atoms with Crippen molar-refractivity contribution in [2.75, 3.05) is 13.1 Å². The molecule has 2 heteroatoms. The van der Waals surface area contributed by atoms with Crippen molar-refractivity contribution in [3.8, 4) is 0 Å². The second-order valence-corrected chi connectivity index (χ2v) is 4.94. The van der Waals surface area contributed by atoms with Gasteiger partial charge in [0.25, 0.3) is 0 Å². The lowest BCUT2D eigenvalue weighted by molar-refractivity contribution is 0.255. The Morgan fingerprint density at radius 1 is 0.923 bits per heavy atom. The molecule has 1 N–H and O–H groups in total. The predicted octanol–water partition coefficient (Wildman–Crippen LogP) is 1.37. The van der Waals surface area contributed by atoms with Gasteiger partial charge >= 0.3 is 0 Å².